The lowest BCUT2D eigenvalue weighted by atomic mass is 10.1. The third kappa shape index (κ3) is 11.0. The van der Waals surface area contributed by atoms with E-state index in [1.54, 1.807) is 45.0 Å². The number of unbranched alkanes of at least 4 members (excludes halogenated alkanes) is 1. The monoisotopic (exact) mass is 527 g/mol. The van der Waals surface area contributed by atoms with E-state index in [4.69, 9.17) is 14.2 Å². The van der Waals surface area contributed by atoms with Gasteiger partial charge in [-0.05, 0) is 50.8 Å². The second-order valence-corrected chi connectivity index (χ2v) is 8.23. The van der Waals surface area contributed by atoms with Crippen molar-refractivity contribution in [1.82, 2.24) is 4.90 Å². The number of alkyl halides is 5. The number of aliphatic carboxylic acids is 1. The van der Waals surface area contributed by atoms with Crippen LogP contribution >= 0.6 is 0 Å². The molecule has 0 fully saturated rings. The van der Waals surface area contributed by atoms with Gasteiger partial charge in [-0.25, -0.2) is 9.59 Å². The first-order chi connectivity index (χ1) is 16.8. The number of carboxylic acid groups (broad SMARTS) is 1. The van der Waals surface area contributed by atoms with E-state index in [1.165, 1.54) is 4.90 Å². The van der Waals surface area contributed by atoms with Crippen LogP contribution in [0.5, 0.6) is 5.75 Å². The topological polar surface area (TPSA) is 85.3 Å². The predicted molar refractivity (Wildman–Crippen MR) is 121 cm³/mol. The summed E-state index contributed by atoms with van der Waals surface area (Å²) in [7, 11) is 0. The normalized spacial score (nSPS) is 13.7. The third-order valence-electron chi connectivity index (χ3n) is 5.34. The summed E-state index contributed by atoms with van der Waals surface area (Å²) in [4.78, 5) is 24.9. The summed E-state index contributed by atoms with van der Waals surface area (Å²) >= 11 is 0. The Kier molecular flexibility index (Phi) is 12.9. The molecule has 0 aliphatic rings. The van der Waals surface area contributed by atoms with Crippen LogP contribution in [0.2, 0.25) is 0 Å². The zero-order valence-corrected chi connectivity index (χ0v) is 20.7. The van der Waals surface area contributed by atoms with Crippen LogP contribution in [0.1, 0.15) is 52.0 Å². The largest absolute Gasteiger partial charge is 0.492 e. The summed E-state index contributed by atoms with van der Waals surface area (Å²) in [6.07, 6.45) is -8.82. The number of rotatable bonds is 16. The van der Waals surface area contributed by atoms with Crippen molar-refractivity contribution in [3.05, 3.63) is 29.8 Å². The molecule has 0 spiro atoms. The van der Waals surface area contributed by atoms with Gasteiger partial charge in [0.05, 0.1) is 6.54 Å². The Balaban J connectivity index is 2.64. The highest BCUT2D eigenvalue weighted by Crippen LogP contribution is 2.39. The molecule has 0 saturated carbocycles. The Morgan fingerprint density at radius 2 is 1.67 bits per heavy atom. The summed E-state index contributed by atoms with van der Waals surface area (Å²) in [6.45, 7) is 5.42. The maximum absolute atomic E-state index is 13.1. The molecule has 0 aromatic heterocycles. The van der Waals surface area contributed by atoms with E-state index in [0.29, 0.717) is 12.2 Å². The van der Waals surface area contributed by atoms with Crippen LogP contribution in [0.15, 0.2) is 24.3 Å². The van der Waals surface area contributed by atoms with Gasteiger partial charge in [-0.15, -0.1) is 0 Å². The molecular formula is C24H34F5NO6. The second kappa shape index (κ2) is 14.8. The second-order valence-electron chi connectivity index (χ2n) is 8.23. The molecule has 7 nitrogen and oxygen atoms in total. The van der Waals surface area contributed by atoms with Gasteiger partial charge in [-0.1, -0.05) is 19.1 Å². The van der Waals surface area contributed by atoms with Crippen LogP contribution < -0.4 is 4.74 Å². The van der Waals surface area contributed by atoms with E-state index in [0.717, 1.165) is 5.56 Å². The molecule has 1 amide bonds. The molecule has 1 rings (SSSR count). The fraction of sp³-hybridized carbons (Fsp3) is 0.667. The van der Waals surface area contributed by atoms with E-state index >= 15 is 0 Å². The van der Waals surface area contributed by atoms with Gasteiger partial charge in [0, 0.05) is 26.0 Å². The molecule has 1 aromatic rings. The Hall–Kier alpha value is -2.63. The van der Waals surface area contributed by atoms with Crippen molar-refractivity contribution in [2.75, 3.05) is 26.3 Å². The minimum absolute atomic E-state index is 0.0182. The Labute approximate surface area is 207 Å². The molecule has 0 radical (unpaired) electrons. The molecule has 2 unspecified atom stereocenters. The molecule has 36 heavy (non-hydrogen) atoms. The van der Waals surface area contributed by atoms with Crippen LogP contribution in [-0.4, -0.2) is 72.7 Å². The molecule has 2 atom stereocenters. The number of carbonyl (C=O) groups is 2. The number of nitrogens with zero attached hydrogens (tertiary/aromatic N) is 1. The van der Waals surface area contributed by atoms with E-state index in [9.17, 15) is 36.6 Å². The maximum Gasteiger partial charge on any atom is 0.453 e. The van der Waals surface area contributed by atoms with Gasteiger partial charge in [0.1, 0.15) is 18.5 Å². The molecule has 1 aromatic carbocycles. The summed E-state index contributed by atoms with van der Waals surface area (Å²) in [5.41, 5.74) is 0.720. The molecular weight excluding hydrogens is 493 g/mol. The Morgan fingerprint density at radius 3 is 2.19 bits per heavy atom. The number of carbonyl (C=O) groups excluding carboxylic acids is 1. The Bertz CT molecular complexity index is 803. The van der Waals surface area contributed by atoms with E-state index < -0.39 is 49.2 Å². The van der Waals surface area contributed by atoms with E-state index in [1.807, 2.05) is 0 Å². The number of benzene rings is 1. The summed E-state index contributed by atoms with van der Waals surface area (Å²) < 4.78 is 79.3. The summed E-state index contributed by atoms with van der Waals surface area (Å²) in [5.74, 6) is -5.40. The van der Waals surface area contributed by atoms with Crippen LogP contribution in [0.4, 0.5) is 26.7 Å². The van der Waals surface area contributed by atoms with Crippen molar-refractivity contribution in [3.8, 4) is 5.75 Å². The standard InChI is InChI=1S/C24H34F5NO6/c1-4-17(3)36-22(33)30(13-7-6-12-23(25,26)24(27,28)29)14-15-35-19-10-8-18(9-11-19)16-20(21(31)32)34-5-2/h8-11,17,20H,4-7,12-16H2,1-3H3,(H,31,32). The molecule has 0 heterocycles. The van der Waals surface area contributed by atoms with Crippen LogP contribution in [0.3, 0.4) is 0 Å². The van der Waals surface area contributed by atoms with Gasteiger partial charge in [0.15, 0.2) is 6.10 Å². The van der Waals surface area contributed by atoms with Gasteiger partial charge in [0.25, 0.3) is 0 Å². The first kappa shape index (κ1) is 31.4. The molecule has 12 heteroatoms. The minimum atomic E-state index is -5.61. The van der Waals surface area contributed by atoms with Crippen molar-refractivity contribution < 1.29 is 50.9 Å². The zero-order chi connectivity index (χ0) is 27.4. The van der Waals surface area contributed by atoms with Gasteiger partial charge >= 0.3 is 24.2 Å². The van der Waals surface area contributed by atoms with Crippen LogP contribution in [0, 0.1) is 0 Å². The van der Waals surface area contributed by atoms with E-state index in [2.05, 4.69) is 0 Å². The first-order valence-electron chi connectivity index (χ1n) is 11.8. The fourth-order valence-corrected chi connectivity index (χ4v) is 3.04. The average Bonchev–Trinajstić information content (AvgIpc) is 2.80. The predicted octanol–water partition coefficient (Wildman–Crippen LogP) is 5.70. The molecule has 0 aliphatic carbocycles. The molecule has 0 saturated heterocycles. The summed E-state index contributed by atoms with van der Waals surface area (Å²) in [6, 6.07) is 6.61. The first-order valence-corrected chi connectivity index (χ1v) is 11.8. The SMILES string of the molecule is CCOC(Cc1ccc(OCCN(CCCCC(F)(F)C(F)(F)F)C(=O)OC(C)CC)cc1)C(=O)O. The quantitative estimate of drug-likeness (QED) is 0.219. The number of carboxylic acids is 1. The molecule has 206 valence electrons. The van der Waals surface area contributed by atoms with Crippen molar-refractivity contribution >= 4 is 12.1 Å². The van der Waals surface area contributed by atoms with Crippen LogP contribution in [-0.2, 0) is 20.7 Å². The van der Waals surface area contributed by atoms with Gasteiger partial charge in [-0.2, -0.15) is 22.0 Å². The van der Waals surface area contributed by atoms with Crippen molar-refractivity contribution in [1.29, 1.82) is 0 Å². The van der Waals surface area contributed by atoms with Crippen molar-refractivity contribution in [2.24, 2.45) is 0 Å². The fourth-order valence-electron chi connectivity index (χ4n) is 3.04. The number of ether oxygens (including phenoxy) is 3. The van der Waals surface area contributed by atoms with Crippen molar-refractivity contribution in [3.63, 3.8) is 0 Å². The van der Waals surface area contributed by atoms with Gasteiger partial charge in [0.2, 0.25) is 0 Å². The van der Waals surface area contributed by atoms with Gasteiger partial charge in [-0.3, -0.25) is 0 Å². The zero-order valence-electron chi connectivity index (χ0n) is 20.7. The molecule has 0 aliphatic heterocycles. The van der Waals surface area contributed by atoms with Crippen molar-refractivity contribution in [2.45, 2.75) is 77.2 Å². The minimum Gasteiger partial charge on any atom is -0.492 e. The third-order valence-corrected chi connectivity index (χ3v) is 5.34. The van der Waals surface area contributed by atoms with E-state index in [-0.39, 0.29) is 39.1 Å². The summed E-state index contributed by atoms with van der Waals surface area (Å²) in [5, 5.41) is 9.18. The lowest BCUT2D eigenvalue weighted by Gasteiger charge is -2.25. The highest BCUT2D eigenvalue weighted by atomic mass is 19.4. The highest BCUT2D eigenvalue weighted by Gasteiger charge is 2.56. The number of hydrogen-bond donors (Lipinski definition) is 1. The number of amides is 1. The van der Waals surface area contributed by atoms with Gasteiger partial charge < -0.3 is 24.2 Å². The highest BCUT2D eigenvalue weighted by molar-refractivity contribution is 5.72. The lowest BCUT2D eigenvalue weighted by molar-refractivity contribution is -0.284. The number of hydrogen-bond acceptors (Lipinski definition) is 5. The lowest BCUT2D eigenvalue weighted by Crippen LogP contribution is -2.38. The molecule has 1 N–H and O–H groups in total. The smallest absolute Gasteiger partial charge is 0.453 e. The average molecular weight is 528 g/mol. The Morgan fingerprint density at radius 1 is 1.03 bits per heavy atom. The molecule has 0 bridgehead atoms. The number of halogens is 5. The van der Waals surface area contributed by atoms with Crippen LogP contribution in [0.25, 0.3) is 0 Å². The maximum atomic E-state index is 13.1.